The summed E-state index contributed by atoms with van der Waals surface area (Å²) in [6.45, 7) is 0. The summed E-state index contributed by atoms with van der Waals surface area (Å²) in [4.78, 5) is 35.2. The van der Waals surface area contributed by atoms with E-state index in [1.165, 1.54) is 18.3 Å². The van der Waals surface area contributed by atoms with Gasteiger partial charge < -0.3 is 4.57 Å². The van der Waals surface area contributed by atoms with Crippen molar-refractivity contribution in [3.05, 3.63) is 90.5 Å². The molecule has 148 valence electrons. The van der Waals surface area contributed by atoms with Gasteiger partial charge in [0.15, 0.2) is 0 Å². The van der Waals surface area contributed by atoms with Crippen molar-refractivity contribution >= 4 is 33.6 Å². The van der Waals surface area contributed by atoms with Crippen LogP contribution in [0.3, 0.4) is 0 Å². The number of hydrogen-bond acceptors (Lipinski definition) is 4. The lowest BCUT2D eigenvalue weighted by Gasteiger charge is -2.14. The lowest BCUT2D eigenvalue weighted by molar-refractivity contribution is 0.0693. The van der Waals surface area contributed by atoms with Crippen LogP contribution in [-0.4, -0.2) is 38.3 Å². The van der Waals surface area contributed by atoms with Gasteiger partial charge >= 0.3 is 0 Å². The van der Waals surface area contributed by atoms with Gasteiger partial charge in [0, 0.05) is 41.3 Å². The molecule has 3 aromatic carbocycles. The highest BCUT2D eigenvalue weighted by atomic mass is 16.2. The van der Waals surface area contributed by atoms with Crippen LogP contribution in [0.2, 0.25) is 0 Å². The molecule has 0 atom stereocenters. The smallest absolute Gasteiger partial charge is 0.263 e. The molecule has 0 aliphatic carbocycles. The van der Waals surface area contributed by atoms with Gasteiger partial charge in [0.2, 0.25) is 0 Å². The molecule has 1 aliphatic heterocycles. The van der Waals surface area contributed by atoms with Gasteiger partial charge in [0.1, 0.15) is 6.33 Å². The van der Waals surface area contributed by atoms with Crippen LogP contribution < -0.4 is 0 Å². The molecular weight excluding hydrogens is 388 g/mol. The van der Waals surface area contributed by atoms with Gasteiger partial charge in [-0.2, -0.15) is 0 Å². The minimum atomic E-state index is -0.290. The molecule has 6 nitrogen and oxygen atoms in total. The molecule has 2 amide bonds. The number of nitrogens with zero attached hydrogens (tertiary/aromatic N) is 4. The Morgan fingerprint density at radius 2 is 1.45 bits per heavy atom. The van der Waals surface area contributed by atoms with E-state index in [9.17, 15) is 9.59 Å². The van der Waals surface area contributed by atoms with Gasteiger partial charge in [-0.3, -0.25) is 14.5 Å². The fourth-order valence-corrected chi connectivity index (χ4v) is 4.51. The van der Waals surface area contributed by atoms with E-state index in [4.69, 9.17) is 0 Å². The van der Waals surface area contributed by atoms with Gasteiger partial charge in [0.05, 0.1) is 27.8 Å². The van der Waals surface area contributed by atoms with Gasteiger partial charge in [-0.15, -0.1) is 0 Å². The van der Waals surface area contributed by atoms with Gasteiger partial charge in [-0.1, -0.05) is 42.5 Å². The molecule has 6 rings (SSSR count). The van der Waals surface area contributed by atoms with E-state index < -0.39 is 0 Å². The van der Waals surface area contributed by atoms with Crippen molar-refractivity contribution in [1.29, 1.82) is 0 Å². The van der Waals surface area contributed by atoms with Gasteiger partial charge in [0.25, 0.3) is 11.8 Å². The zero-order chi connectivity index (χ0) is 21.1. The number of hydrogen-bond donors (Lipinski definition) is 0. The highest BCUT2D eigenvalue weighted by molar-refractivity contribution is 6.23. The average molecular weight is 404 g/mol. The Morgan fingerprint density at radius 1 is 0.742 bits per heavy atom. The van der Waals surface area contributed by atoms with Crippen molar-refractivity contribution in [1.82, 2.24) is 19.4 Å². The molecule has 5 aromatic rings. The van der Waals surface area contributed by atoms with E-state index >= 15 is 0 Å². The third kappa shape index (κ3) is 2.33. The van der Waals surface area contributed by atoms with Gasteiger partial charge in [-0.25, -0.2) is 9.97 Å². The number of carbonyl (C=O) groups excluding carboxylic acids is 2. The van der Waals surface area contributed by atoms with Gasteiger partial charge in [-0.05, 0) is 18.2 Å². The largest absolute Gasteiger partial charge is 0.308 e. The Balaban J connectivity index is 1.81. The highest BCUT2D eigenvalue weighted by Crippen LogP contribution is 2.39. The number of aromatic nitrogens is 3. The molecule has 0 N–H and O–H groups in total. The molecule has 0 saturated heterocycles. The third-order valence-electron chi connectivity index (χ3n) is 5.90. The number of para-hydroxylation sites is 2. The van der Waals surface area contributed by atoms with Crippen LogP contribution in [-0.2, 0) is 0 Å². The molecule has 0 radical (unpaired) electrons. The van der Waals surface area contributed by atoms with Crippen LogP contribution in [0.15, 0.2) is 79.4 Å². The number of benzene rings is 3. The van der Waals surface area contributed by atoms with E-state index in [0.29, 0.717) is 16.8 Å². The average Bonchev–Trinajstić information content (AvgIpc) is 3.27. The summed E-state index contributed by atoms with van der Waals surface area (Å²) in [6.07, 6.45) is 5.06. The number of carbonyl (C=O) groups is 2. The van der Waals surface area contributed by atoms with E-state index in [0.717, 1.165) is 32.9 Å². The zero-order valence-corrected chi connectivity index (χ0v) is 16.6. The molecule has 0 spiro atoms. The summed E-state index contributed by atoms with van der Waals surface area (Å²) in [7, 11) is 1.52. The molecule has 0 unspecified atom stereocenters. The second kappa shape index (κ2) is 6.34. The van der Waals surface area contributed by atoms with Crippen LogP contribution in [0.1, 0.15) is 20.7 Å². The van der Waals surface area contributed by atoms with Crippen LogP contribution in [0.25, 0.3) is 38.6 Å². The molecule has 0 saturated carbocycles. The summed E-state index contributed by atoms with van der Waals surface area (Å²) in [5.41, 5.74) is 5.29. The number of amides is 2. The Kier molecular flexibility index (Phi) is 3.58. The summed E-state index contributed by atoms with van der Waals surface area (Å²) >= 11 is 0. The first kappa shape index (κ1) is 17.5. The normalized spacial score (nSPS) is 13.4. The molecular formula is C25H16N4O2. The fourth-order valence-electron chi connectivity index (χ4n) is 4.51. The van der Waals surface area contributed by atoms with Crippen molar-refractivity contribution < 1.29 is 9.59 Å². The Labute approximate surface area is 177 Å². The first-order valence-electron chi connectivity index (χ1n) is 9.90. The van der Waals surface area contributed by atoms with E-state index in [-0.39, 0.29) is 11.8 Å². The second-order valence-corrected chi connectivity index (χ2v) is 7.55. The van der Waals surface area contributed by atoms with Crippen LogP contribution in [0.4, 0.5) is 0 Å². The van der Waals surface area contributed by atoms with E-state index in [1.54, 1.807) is 18.5 Å². The number of rotatable bonds is 2. The maximum atomic E-state index is 13.0. The monoisotopic (exact) mass is 404 g/mol. The van der Waals surface area contributed by atoms with E-state index in [1.807, 2.05) is 42.5 Å². The maximum Gasteiger partial charge on any atom is 0.263 e. The molecule has 1 aliphatic rings. The Hall–Kier alpha value is -4.32. The van der Waals surface area contributed by atoms with Crippen LogP contribution in [0.5, 0.6) is 0 Å². The SMILES string of the molecule is CN1C(=O)c2cccc(-n3c4ccccc4c4cccc(-c5cncnc5)c43)c2C1=O. The van der Waals surface area contributed by atoms with E-state index in [2.05, 4.69) is 26.7 Å². The lowest BCUT2D eigenvalue weighted by Crippen LogP contribution is -2.24. The molecule has 2 aromatic heterocycles. The van der Waals surface area contributed by atoms with Crippen molar-refractivity contribution in [2.75, 3.05) is 7.05 Å². The van der Waals surface area contributed by atoms with Crippen LogP contribution >= 0.6 is 0 Å². The number of imide groups is 1. The minimum absolute atomic E-state index is 0.278. The topological polar surface area (TPSA) is 68.1 Å². The van der Waals surface area contributed by atoms with Crippen molar-refractivity contribution in [2.24, 2.45) is 0 Å². The lowest BCUT2D eigenvalue weighted by atomic mass is 10.0. The molecule has 6 heteroatoms. The first-order valence-corrected chi connectivity index (χ1v) is 9.90. The molecule has 3 heterocycles. The maximum absolute atomic E-state index is 13.0. The molecule has 31 heavy (non-hydrogen) atoms. The zero-order valence-electron chi connectivity index (χ0n) is 16.6. The standard InChI is InChI=1S/C25H16N4O2/c1-28-24(30)19-9-5-11-21(22(19)25(28)31)29-20-10-3-2-6-17(20)18-8-4-7-16(23(18)29)15-12-26-14-27-13-15/h2-14H,1H3. The summed E-state index contributed by atoms with van der Waals surface area (Å²) in [5, 5.41) is 2.12. The molecule has 0 fully saturated rings. The first-order chi connectivity index (χ1) is 15.2. The predicted octanol–water partition coefficient (Wildman–Crippen LogP) is 4.47. The minimum Gasteiger partial charge on any atom is -0.308 e. The highest BCUT2D eigenvalue weighted by Gasteiger charge is 2.36. The summed E-state index contributed by atoms with van der Waals surface area (Å²) in [5.74, 6) is -0.568. The predicted molar refractivity (Wildman–Crippen MR) is 118 cm³/mol. The quantitative estimate of drug-likeness (QED) is 0.407. The van der Waals surface area contributed by atoms with Crippen molar-refractivity contribution in [3.63, 3.8) is 0 Å². The fraction of sp³-hybridized carbons (Fsp3) is 0.0400. The van der Waals surface area contributed by atoms with Crippen molar-refractivity contribution in [2.45, 2.75) is 0 Å². The molecule has 0 bridgehead atoms. The summed E-state index contributed by atoms with van der Waals surface area (Å²) in [6, 6.07) is 19.6. The Bertz CT molecular complexity index is 1540. The van der Waals surface area contributed by atoms with Crippen molar-refractivity contribution in [3.8, 4) is 16.8 Å². The summed E-state index contributed by atoms with van der Waals surface area (Å²) < 4.78 is 2.08. The van der Waals surface area contributed by atoms with Crippen LogP contribution in [0, 0.1) is 0 Å². The third-order valence-corrected chi connectivity index (χ3v) is 5.90. The number of fused-ring (bicyclic) bond motifs is 4. The Morgan fingerprint density at radius 3 is 2.29 bits per heavy atom. The second-order valence-electron chi connectivity index (χ2n) is 7.55.